The van der Waals surface area contributed by atoms with Crippen LogP contribution in [0.5, 0.6) is 0 Å². The number of carboxylic acids is 1. The van der Waals surface area contributed by atoms with Crippen molar-refractivity contribution in [3.05, 3.63) is 95.1 Å². The van der Waals surface area contributed by atoms with Gasteiger partial charge in [-0.05, 0) is 78.1 Å². The van der Waals surface area contributed by atoms with Crippen molar-refractivity contribution in [1.29, 1.82) is 0 Å². The highest BCUT2D eigenvalue weighted by Crippen LogP contribution is 2.31. The van der Waals surface area contributed by atoms with Gasteiger partial charge in [-0.3, -0.25) is 4.31 Å². The van der Waals surface area contributed by atoms with Crippen LogP contribution in [0.1, 0.15) is 74.0 Å². The molecule has 5 nitrogen and oxygen atoms in total. The van der Waals surface area contributed by atoms with Crippen LogP contribution in [0.3, 0.4) is 0 Å². The molecule has 3 aromatic rings. The minimum Gasteiger partial charge on any atom is -0.478 e. The highest BCUT2D eigenvalue weighted by molar-refractivity contribution is 7.92. The Hall–Kier alpha value is -3.12. The first-order valence-corrected chi connectivity index (χ1v) is 14.1. The van der Waals surface area contributed by atoms with Gasteiger partial charge in [0.15, 0.2) is 0 Å². The number of hydrogen-bond donors (Lipinski definition) is 1. The first-order valence-electron chi connectivity index (χ1n) is 12.6. The number of anilines is 1. The quantitative estimate of drug-likeness (QED) is 0.291. The molecule has 1 N–H and O–H groups in total. The van der Waals surface area contributed by atoms with Gasteiger partial charge in [-0.1, -0.05) is 76.6 Å². The number of unbranched alkanes of at least 4 members (excludes halogenated alkanes) is 1. The maximum Gasteiger partial charge on any atom is 0.335 e. The number of sulfonamides is 1. The van der Waals surface area contributed by atoms with Crippen molar-refractivity contribution in [2.45, 2.75) is 70.1 Å². The first kappa shape index (κ1) is 27.5. The van der Waals surface area contributed by atoms with Crippen molar-refractivity contribution in [2.24, 2.45) is 0 Å². The average Bonchev–Trinajstić information content (AvgIpc) is 2.88. The van der Waals surface area contributed by atoms with Crippen LogP contribution in [-0.2, 0) is 28.3 Å². The molecule has 0 atom stereocenters. The fourth-order valence-corrected chi connectivity index (χ4v) is 5.68. The van der Waals surface area contributed by atoms with Crippen molar-refractivity contribution in [1.82, 2.24) is 0 Å². The van der Waals surface area contributed by atoms with E-state index in [2.05, 4.69) is 27.7 Å². The lowest BCUT2D eigenvalue weighted by Crippen LogP contribution is -2.33. The third-order valence-electron chi connectivity index (χ3n) is 6.97. The van der Waals surface area contributed by atoms with Crippen LogP contribution in [0.25, 0.3) is 0 Å². The number of carbonyl (C=O) groups is 1. The molecule has 6 heteroatoms. The Kier molecular flexibility index (Phi) is 8.96. The van der Waals surface area contributed by atoms with Crippen LogP contribution >= 0.6 is 0 Å². The molecule has 0 aliphatic rings. The zero-order chi connectivity index (χ0) is 26.3. The van der Waals surface area contributed by atoms with Crippen molar-refractivity contribution in [3.8, 4) is 0 Å². The molecule has 0 aromatic heterocycles. The summed E-state index contributed by atoms with van der Waals surface area (Å²) >= 11 is 0. The number of para-hydroxylation sites is 1. The molecule has 3 aromatic carbocycles. The number of aromatic carboxylic acids is 1. The molecule has 0 spiro atoms. The van der Waals surface area contributed by atoms with Gasteiger partial charge >= 0.3 is 5.97 Å². The summed E-state index contributed by atoms with van der Waals surface area (Å²) in [6.45, 7) is 8.92. The van der Waals surface area contributed by atoms with Crippen LogP contribution in [0.4, 0.5) is 5.69 Å². The average molecular weight is 508 g/mol. The third kappa shape index (κ3) is 6.35. The molecular formula is C30H37NO4S. The summed E-state index contributed by atoms with van der Waals surface area (Å²) in [6.07, 6.45) is 3.93. The Morgan fingerprint density at radius 3 is 2.11 bits per heavy atom. The minimum absolute atomic E-state index is 0.0144. The van der Waals surface area contributed by atoms with Crippen LogP contribution < -0.4 is 4.31 Å². The Morgan fingerprint density at radius 1 is 0.889 bits per heavy atom. The molecule has 0 radical (unpaired) electrons. The van der Waals surface area contributed by atoms with Gasteiger partial charge in [0, 0.05) is 6.54 Å². The van der Waals surface area contributed by atoms with Gasteiger partial charge in [-0.2, -0.15) is 0 Å². The molecular weight excluding hydrogens is 470 g/mol. The smallest absolute Gasteiger partial charge is 0.335 e. The molecule has 0 aliphatic carbocycles. The highest BCUT2D eigenvalue weighted by atomic mass is 32.2. The number of rotatable bonds is 12. The van der Waals surface area contributed by atoms with Crippen LogP contribution in [0, 0.1) is 0 Å². The van der Waals surface area contributed by atoms with Gasteiger partial charge in [0.1, 0.15) is 0 Å². The van der Waals surface area contributed by atoms with E-state index in [1.54, 1.807) is 28.6 Å². The topological polar surface area (TPSA) is 74.7 Å². The van der Waals surface area contributed by atoms with Crippen molar-refractivity contribution in [3.63, 3.8) is 0 Å². The molecule has 0 fully saturated rings. The predicted octanol–water partition coefficient (Wildman–Crippen LogP) is 6.85. The molecule has 3 rings (SSSR count). The Balaban J connectivity index is 1.92. The number of nitrogens with zero attached hydrogens (tertiary/aromatic N) is 1. The van der Waals surface area contributed by atoms with Crippen LogP contribution in [0.15, 0.2) is 77.7 Å². The second-order valence-electron chi connectivity index (χ2n) is 9.82. The SMILES string of the molecule is CCCCN(c1ccccc1CCc1ccc(C(=O)O)cc1)S(=O)(=O)c1ccc(C(C)(C)CC)cc1. The number of hydrogen-bond acceptors (Lipinski definition) is 3. The van der Waals surface area contributed by atoms with E-state index >= 15 is 0 Å². The first-order chi connectivity index (χ1) is 17.1. The number of aryl methyl sites for hydroxylation is 2. The van der Waals surface area contributed by atoms with Gasteiger partial charge < -0.3 is 5.11 Å². The predicted molar refractivity (Wildman–Crippen MR) is 146 cm³/mol. The molecule has 0 saturated carbocycles. The Bertz CT molecular complexity index is 1260. The molecule has 36 heavy (non-hydrogen) atoms. The van der Waals surface area contributed by atoms with Crippen LogP contribution in [0.2, 0.25) is 0 Å². The Morgan fingerprint density at radius 2 is 1.53 bits per heavy atom. The summed E-state index contributed by atoms with van der Waals surface area (Å²) in [5.41, 5.74) is 4.02. The lowest BCUT2D eigenvalue weighted by Gasteiger charge is -2.28. The number of carboxylic acid groups (broad SMARTS) is 1. The summed E-state index contributed by atoms with van der Waals surface area (Å²) in [5.74, 6) is -0.949. The standard InChI is InChI=1S/C30H37NO4S/c1-5-7-22-31(36(34,35)27-20-18-26(19-21-27)30(3,4)6-2)28-11-9-8-10-24(28)15-12-23-13-16-25(17-14-23)29(32)33/h8-11,13-14,16-21H,5-7,12,15,22H2,1-4H3,(H,32,33). The molecule has 0 heterocycles. The summed E-state index contributed by atoms with van der Waals surface area (Å²) in [4.78, 5) is 11.4. The lowest BCUT2D eigenvalue weighted by atomic mass is 9.82. The summed E-state index contributed by atoms with van der Waals surface area (Å²) < 4.78 is 29.3. The fraction of sp³-hybridized carbons (Fsp3) is 0.367. The van der Waals surface area contributed by atoms with E-state index in [1.165, 1.54) is 0 Å². The zero-order valence-electron chi connectivity index (χ0n) is 21.7. The third-order valence-corrected chi connectivity index (χ3v) is 8.79. The van der Waals surface area contributed by atoms with E-state index in [1.807, 2.05) is 48.5 Å². The minimum atomic E-state index is -3.75. The molecule has 0 bridgehead atoms. The second-order valence-corrected chi connectivity index (χ2v) is 11.7. The van der Waals surface area contributed by atoms with Crippen molar-refractivity contribution >= 4 is 21.7 Å². The van der Waals surface area contributed by atoms with E-state index in [9.17, 15) is 13.2 Å². The van der Waals surface area contributed by atoms with Crippen molar-refractivity contribution < 1.29 is 18.3 Å². The van der Waals surface area contributed by atoms with E-state index in [4.69, 9.17) is 5.11 Å². The summed E-state index contributed by atoms with van der Waals surface area (Å²) in [5, 5.41) is 9.13. The molecule has 0 unspecified atom stereocenters. The van der Waals surface area contributed by atoms with E-state index in [0.29, 0.717) is 30.0 Å². The molecule has 0 saturated heterocycles. The van der Waals surface area contributed by atoms with Gasteiger partial charge in [0.05, 0.1) is 16.1 Å². The van der Waals surface area contributed by atoms with Crippen molar-refractivity contribution in [2.75, 3.05) is 10.8 Å². The fourth-order valence-electron chi connectivity index (χ4n) is 4.14. The van der Waals surface area contributed by atoms with Gasteiger partial charge in [-0.25, -0.2) is 13.2 Å². The maximum absolute atomic E-state index is 13.9. The van der Waals surface area contributed by atoms with E-state index in [-0.39, 0.29) is 11.0 Å². The zero-order valence-corrected chi connectivity index (χ0v) is 22.5. The molecule has 0 aliphatic heterocycles. The normalized spacial score (nSPS) is 11.9. The monoisotopic (exact) mass is 507 g/mol. The van der Waals surface area contributed by atoms with E-state index < -0.39 is 16.0 Å². The van der Waals surface area contributed by atoms with Crippen LogP contribution in [-0.4, -0.2) is 26.0 Å². The molecule has 192 valence electrons. The Labute approximate surface area is 215 Å². The van der Waals surface area contributed by atoms with E-state index in [0.717, 1.165) is 36.0 Å². The number of benzene rings is 3. The molecule has 0 amide bonds. The summed E-state index contributed by atoms with van der Waals surface area (Å²) in [6, 6.07) is 21.8. The second kappa shape index (κ2) is 11.7. The van der Waals surface area contributed by atoms with Gasteiger partial charge in [0.25, 0.3) is 10.0 Å². The van der Waals surface area contributed by atoms with Gasteiger partial charge in [-0.15, -0.1) is 0 Å². The summed E-state index contributed by atoms with van der Waals surface area (Å²) in [7, 11) is -3.75. The lowest BCUT2D eigenvalue weighted by molar-refractivity contribution is 0.0697. The van der Waals surface area contributed by atoms with Gasteiger partial charge in [0.2, 0.25) is 0 Å². The maximum atomic E-state index is 13.9. The highest BCUT2D eigenvalue weighted by Gasteiger charge is 2.27. The largest absolute Gasteiger partial charge is 0.478 e.